The molecular weight excluding hydrogens is 241 g/mol. The van der Waals surface area contributed by atoms with Crippen molar-refractivity contribution in [1.29, 1.82) is 0 Å². The van der Waals surface area contributed by atoms with Crippen LogP contribution < -0.4 is 0 Å². The van der Waals surface area contributed by atoms with Gasteiger partial charge in [-0.25, -0.2) is 0 Å². The molecule has 0 aromatic rings. The maximum absolute atomic E-state index is 2.65. The Morgan fingerprint density at radius 1 is 0.800 bits per heavy atom. The first-order valence-electron chi connectivity index (χ1n) is 6.36. The zero-order valence-corrected chi connectivity index (χ0v) is 14.6. The van der Waals surface area contributed by atoms with Crippen LogP contribution in [0.3, 0.4) is 0 Å². The van der Waals surface area contributed by atoms with Gasteiger partial charge >= 0.3 is 100 Å². The summed E-state index contributed by atoms with van der Waals surface area (Å²) < 4.78 is 0.948. The van der Waals surface area contributed by atoms with Crippen molar-refractivity contribution >= 4 is 13.3 Å². The van der Waals surface area contributed by atoms with Gasteiger partial charge in [0.15, 0.2) is 0 Å². The van der Waals surface area contributed by atoms with Crippen LogP contribution in [0, 0.1) is 10.8 Å². The second-order valence-corrected chi connectivity index (χ2v) is 19.1. The van der Waals surface area contributed by atoms with Crippen LogP contribution in [-0.2, 0) is 0 Å². The molecule has 0 unspecified atom stereocenters. The summed E-state index contributed by atoms with van der Waals surface area (Å²) in [4.78, 5) is 0. The molecule has 0 aliphatic heterocycles. The molecule has 0 fully saturated rings. The molecule has 0 aromatic heterocycles. The van der Waals surface area contributed by atoms with Crippen molar-refractivity contribution in [3.63, 3.8) is 0 Å². The molecule has 0 bridgehead atoms. The summed E-state index contributed by atoms with van der Waals surface area (Å²) >= 11 is -1.65. The van der Waals surface area contributed by atoms with Gasteiger partial charge in [-0.1, -0.05) is 0 Å². The molecule has 0 rings (SSSR count). The number of rotatable bonds is 3. The van der Waals surface area contributed by atoms with E-state index in [1.807, 2.05) is 0 Å². The molecular formula is C14H32Ge. The molecule has 0 aliphatic rings. The molecule has 0 radical (unpaired) electrons. The summed E-state index contributed by atoms with van der Waals surface area (Å²) in [7, 11) is 0. The van der Waals surface area contributed by atoms with Crippen molar-refractivity contribution in [2.75, 3.05) is 0 Å². The summed E-state index contributed by atoms with van der Waals surface area (Å²) in [6.07, 6.45) is 0. The van der Waals surface area contributed by atoms with E-state index < -0.39 is 13.3 Å². The Morgan fingerprint density at radius 2 is 1.07 bits per heavy atom. The predicted octanol–water partition coefficient (Wildman–Crippen LogP) is 5.57. The molecule has 15 heavy (non-hydrogen) atoms. The molecule has 0 N–H and O–H groups in total. The molecule has 0 saturated carbocycles. The first-order chi connectivity index (χ1) is 6.36. The Hall–Kier alpha value is 0.543. The van der Waals surface area contributed by atoms with Gasteiger partial charge in [-0.2, -0.15) is 0 Å². The fourth-order valence-electron chi connectivity index (χ4n) is 2.89. The van der Waals surface area contributed by atoms with E-state index >= 15 is 0 Å². The van der Waals surface area contributed by atoms with Crippen LogP contribution in [-0.4, -0.2) is 13.3 Å². The van der Waals surface area contributed by atoms with E-state index in [2.05, 4.69) is 61.1 Å². The Kier molecular flexibility index (Phi) is 4.99. The molecule has 1 heteroatoms. The summed E-state index contributed by atoms with van der Waals surface area (Å²) in [5.41, 5.74) is 1.04. The number of hydrogen-bond donors (Lipinski definition) is 0. The maximum atomic E-state index is 2.65. The quantitative estimate of drug-likeness (QED) is 0.590. The van der Waals surface area contributed by atoms with Gasteiger partial charge in [0.05, 0.1) is 0 Å². The van der Waals surface area contributed by atoms with Crippen molar-refractivity contribution in [1.82, 2.24) is 0 Å². The first-order valence-corrected chi connectivity index (χ1v) is 12.6. The summed E-state index contributed by atoms with van der Waals surface area (Å²) in [6, 6.07) is 0. The Labute approximate surface area is 101 Å². The average molecular weight is 273 g/mol. The Morgan fingerprint density at radius 3 is 1.20 bits per heavy atom. The van der Waals surface area contributed by atoms with Gasteiger partial charge in [-0.3, -0.25) is 0 Å². The third-order valence-electron chi connectivity index (χ3n) is 3.26. The minimum absolute atomic E-state index is 0.518. The standard InChI is InChI=1S/C14H32Ge/c1-12(2)15(9,10-13(3,4)5)11-14(6,7)8/h12H,10-11H2,1-9H3. The van der Waals surface area contributed by atoms with Crippen LogP contribution in [0.2, 0.25) is 21.0 Å². The Bertz CT molecular complexity index is 174. The van der Waals surface area contributed by atoms with E-state index in [0.717, 1.165) is 4.75 Å². The monoisotopic (exact) mass is 274 g/mol. The van der Waals surface area contributed by atoms with Crippen LogP contribution >= 0.6 is 0 Å². The van der Waals surface area contributed by atoms with E-state index in [0.29, 0.717) is 10.8 Å². The van der Waals surface area contributed by atoms with Crippen LogP contribution in [0.1, 0.15) is 55.4 Å². The fourth-order valence-corrected chi connectivity index (χ4v) is 15.0. The third-order valence-corrected chi connectivity index (χ3v) is 17.0. The van der Waals surface area contributed by atoms with Gasteiger partial charge in [0, 0.05) is 0 Å². The zero-order chi connectivity index (χ0) is 12.5. The zero-order valence-electron chi connectivity index (χ0n) is 12.5. The van der Waals surface area contributed by atoms with Crippen LogP contribution in [0.15, 0.2) is 0 Å². The molecule has 0 spiro atoms. The van der Waals surface area contributed by atoms with Crippen molar-refractivity contribution in [2.45, 2.75) is 76.4 Å². The molecule has 92 valence electrons. The van der Waals surface area contributed by atoms with Crippen molar-refractivity contribution in [3.8, 4) is 0 Å². The van der Waals surface area contributed by atoms with E-state index in [4.69, 9.17) is 0 Å². The second kappa shape index (κ2) is 4.81. The van der Waals surface area contributed by atoms with Crippen molar-refractivity contribution in [3.05, 3.63) is 0 Å². The normalized spacial score (nSPS) is 14.8. The topological polar surface area (TPSA) is 0 Å². The van der Waals surface area contributed by atoms with Gasteiger partial charge in [0.2, 0.25) is 0 Å². The molecule has 0 heterocycles. The minimum atomic E-state index is -1.65. The van der Waals surface area contributed by atoms with Gasteiger partial charge in [-0.15, -0.1) is 0 Å². The van der Waals surface area contributed by atoms with Crippen molar-refractivity contribution in [2.24, 2.45) is 10.8 Å². The summed E-state index contributed by atoms with van der Waals surface area (Å²) in [5, 5.41) is 3.00. The predicted molar refractivity (Wildman–Crippen MR) is 75.2 cm³/mol. The summed E-state index contributed by atoms with van der Waals surface area (Å²) in [6.45, 7) is 19.3. The third kappa shape index (κ3) is 6.65. The molecule has 0 amide bonds. The summed E-state index contributed by atoms with van der Waals surface area (Å²) in [5.74, 6) is 2.65. The van der Waals surface area contributed by atoms with Gasteiger partial charge in [0.1, 0.15) is 0 Å². The molecule has 0 aliphatic carbocycles. The molecule has 0 atom stereocenters. The van der Waals surface area contributed by atoms with Crippen LogP contribution in [0.25, 0.3) is 0 Å². The molecule has 0 saturated heterocycles. The van der Waals surface area contributed by atoms with E-state index in [1.165, 1.54) is 10.5 Å². The second-order valence-electron chi connectivity index (χ2n) is 8.28. The van der Waals surface area contributed by atoms with Crippen LogP contribution in [0.4, 0.5) is 0 Å². The van der Waals surface area contributed by atoms with Gasteiger partial charge < -0.3 is 0 Å². The molecule has 0 aromatic carbocycles. The van der Waals surface area contributed by atoms with E-state index in [1.54, 1.807) is 0 Å². The van der Waals surface area contributed by atoms with Crippen molar-refractivity contribution < 1.29 is 0 Å². The SMILES string of the molecule is C[CH](C)[Ge]([CH3])([CH2]C(C)(C)C)[CH2]C(C)(C)C. The fraction of sp³-hybridized carbons (Fsp3) is 1.00. The number of hydrogen-bond acceptors (Lipinski definition) is 0. The van der Waals surface area contributed by atoms with Crippen LogP contribution in [0.5, 0.6) is 0 Å². The van der Waals surface area contributed by atoms with E-state index in [-0.39, 0.29) is 0 Å². The first kappa shape index (κ1) is 15.5. The molecule has 0 nitrogen and oxygen atoms in total. The van der Waals surface area contributed by atoms with E-state index in [9.17, 15) is 0 Å². The van der Waals surface area contributed by atoms with Gasteiger partial charge in [-0.05, 0) is 0 Å². The Balaban J connectivity index is 4.76. The van der Waals surface area contributed by atoms with Gasteiger partial charge in [0.25, 0.3) is 0 Å². The average Bonchev–Trinajstić information content (AvgIpc) is 1.75.